The second kappa shape index (κ2) is 19.2. The van der Waals surface area contributed by atoms with Gasteiger partial charge in [-0.15, -0.1) is 0 Å². The van der Waals surface area contributed by atoms with Gasteiger partial charge in [-0.25, -0.2) is 9.68 Å². The Bertz CT molecular complexity index is 510. The maximum Gasteiger partial charge on any atom is 0.336 e. The normalized spacial score (nSPS) is 14.2. The molecule has 26 heavy (non-hydrogen) atoms. The molecule has 0 saturated carbocycles. The third-order valence-electron chi connectivity index (χ3n) is 3.35. The summed E-state index contributed by atoms with van der Waals surface area (Å²) >= 11 is 0. The summed E-state index contributed by atoms with van der Waals surface area (Å²) in [5.74, 6) is -1.17. The maximum atomic E-state index is 10.6. The van der Waals surface area contributed by atoms with Crippen molar-refractivity contribution >= 4 is 5.97 Å². The molecule has 0 heterocycles. The molecule has 0 fully saturated rings. The van der Waals surface area contributed by atoms with Crippen LogP contribution in [-0.4, -0.2) is 22.4 Å². The molecule has 0 aliphatic heterocycles. The number of rotatable bonds is 15. The van der Waals surface area contributed by atoms with Crippen molar-refractivity contribution in [3.05, 3.63) is 72.9 Å². The zero-order valence-electron chi connectivity index (χ0n) is 15.7. The quantitative estimate of drug-likeness (QED) is 0.123. The van der Waals surface area contributed by atoms with E-state index in [9.17, 15) is 4.79 Å². The Kier molecular flexibility index (Phi) is 17.6. The van der Waals surface area contributed by atoms with Crippen LogP contribution < -0.4 is 0 Å². The monoisotopic (exact) mass is 360 g/mol. The Labute approximate surface area is 157 Å². The fourth-order valence-corrected chi connectivity index (χ4v) is 1.93. The molecule has 2 N–H and O–H groups in total. The Balaban J connectivity index is 3.66. The van der Waals surface area contributed by atoms with E-state index in [0.29, 0.717) is 0 Å². The molecule has 1 atom stereocenters. The maximum absolute atomic E-state index is 10.6. The summed E-state index contributed by atoms with van der Waals surface area (Å²) in [6, 6.07) is 0. The molecule has 1 unspecified atom stereocenters. The Morgan fingerprint density at radius 3 is 1.92 bits per heavy atom. The predicted molar refractivity (Wildman–Crippen MR) is 108 cm³/mol. The highest BCUT2D eigenvalue weighted by molar-refractivity contribution is 5.72. The number of unbranched alkanes of at least 4 members (excludes halogenated alkanes) is 1. The molecule has 0 amide bonds. The Hall–Kier alpha value is -2.17. The van der Waals surface area contributed by atoms with Crippen molar-refractivity contribution in [2.24, 2.45) is 0 Å². The summed E-state index contributed by atoms with van der Waals surface area (Å²) in [5.41, 5.74) is 0. The number of hydrogen-bond acceptors (Lipinski definition) is 3. The lowest BCUT2D eigenvalue weighted by atomic mass is 10.2. The topological polar surface area (TPSA) is 66.8 Å². The Morgan fingerprint density at radius 1 is 0.808 bits per heavy atom. The van der Waals surface area contributed by atoms with Gasteiger partial charge in [0.25, 0.3) is 0 Å². The van der Waals surface area contributed by atoms with Crippen LogP contribution in [0.1, 0.15) is 51.9 Å². The van der Waals surface area contributed by atoms with Gasteiger partial charge >= 0.3 is 5.97 Å². The number of carbonyl (C=O) groups is 1. The van der Waals surface area contributed by atoms with Gasteiger partial charge in [-0.1, -0.05) is 79.8 Å². The molecule has 0 aromatic heterocycles. The third kappa shape index (κ3) is 16.7. The van der Waals surface area contributed by atoms with Crippen molar-refractivity contribution in [2.75, 3.05) is 0 Å². The van der Waals surface area contributed by atoms with E-state index in [2.05, 4.69) is 66.5 Å². The third-order valence-corrected chi connectivity index (χ3v) is 3.35. The Morgan fingerprint density at radius 2 is 1.35 bits per heavy atom. The second-order valence-corrected chi connectivity index (χ2v) is 5.60. The van der Waals surface area contributed by atoms with Gasteiger partial charge in [-0.05, 0) is 38.5 Å². The van der Waals surface area contributed by atoms with E-state index in [1.165, 1.54) is 0 Å². The number of allylic oxidation sites excluding steroid dienone is 11. The van der Waals surface area contributed by atoms with Crippen LogP contribution in [0.2, 0.25) is 0 Å². The van der Waals surface area contributed by atoms with Crippen molar-refractivity contribution in [3.63, 3.8) is 0 Å². The summed E-state index contributed by atoms with van der Waals surface area (Å²) in [5, 5.41) is 17.1. The first kappa shape index (κ1) is 23.8. The van der Waals surface area contributed by atoms with Gasteiger partial charge in [0.2, 0.25) is 0 Å². The van der Waals surface area contributed by atoms with E-state index >= 15 is 0 Å². The molecule has 4 nitrogen and oxygen atoms in total. The minimum Gasteiger partial charge on any atom is -0.479 e. The molecule has 4 heteroatoms. The van der Waals surface area contributed by atoms with Gasteiger partial charge in [0, 0.05) is 6.42 Å². The fraction of sp³-hybridized carbons (Fsp3) is 0.409. The lowest BCUT2D eigenvalue weighted by Crippen LogP contribution is -2.21. The van der Waals surface area contributed by atoms with Crippen LogP contribution in [-0.2, 0) is 9.68 Å². The van der Waals surface area contributed by atoms with Gasteiger partial charge in [0.15, 0.2) is 6.10 Å². The van der Waals surface area contributed by atoms with Crippen LogP contribution in [0.3, 0.4) is 0 Å². The average molecular weight is 360 g/mol. The number of carboxylic acid groups (broad SMARTS) is 1. The van der Waals surface area contributed by atoms with Crippen molar-refractivity contribution in [2.45, 2.75) is 58.0 Å². The van der Waals surface area contributed by atoms with Crippen molar-refractivity contribution in [3.8, 4) is 0 Å². The van der Waals surface area contributed by atoms with Gasteiger partial charge in [0.1, 0.15) is 0 Å². The molecule has 0 spiro atoms. The van der Waals surface area contributed by atoms with E-state index in [4.69, 9.17) is 10.4 Å². The zero-order chi connectivity index (χ0) is 19.3. The van der Waals surface area contributed by atoms with Crippen LogP contribution in [0.15, 0.2) is 72.9 Å². The van der Waals surface area contributed by atoms with Crippen molar-refractivity contribution in [1.29, 1.82) is 0 Å². The molecule has 0 rings (SSSR count). The highest BCUT2D eigenvalue weighted by Crippen LogP contribution is 2.00. The van der Waals surface area contributed by atoms with Crippen LogP contribution in [0.4, 0.5) is 0 Å². The standard InChI is InChI=1S/C22H32O4/c1-2-3-4-5-6-7-8-9-10-11-12-13-14-15-16-17-18-19-20-21(26-25)22(23)24/h3-4,7-10,12-13,15-16,18-19,21,25H,2,5-6,11,14,17,20H2,1H3,(H,23,24). The highest BCUT2D eigenvalue weighted by atomic mass is 17.1. The van der Waals surface area contributed by atoms with E-state index in [0.717, 1.165) is 38.5 Å². The number of aliphatic carboxylic acids is 1. The van der Waals surface area contributed by atoms with Crippen LogP contribution in [0.5, 0.6) is 0 Å². The summed E-state index contributed by atoms with van der Waals surface area (Å²) < 4.78 is 0. The fourth-order valence-electron chi connectivity index (χ4n) is 1.93. The number of carboxylic acids is 1. The number of hydrogen-bond donors (Lipinski definition) is 2. The van der Waals surface area contributed by atoms with Gasteiger partial charge in [0.05, 0.1) is 0 Å². The molecular weight excluding hydrogens is 328 g/mol. The first-order chi connectivity index (χ1) is 12.7. The van der Waals surface area contributed by atoms with Crippen molar-refractivity contribution in [1.82, 2.24) is 0 Å². The van der Waals surface area contributed by atoms with E-state index in [1.807, 2.05) is 12.2 Å². The van der Waals surface area contributed by atoms with Gasteiger partial charge in [-0.3, -0.25) is 5.26 Å². The first-order valence-corrected chi connectivity index (χ1v) is 9.17. The molecule has 0 bridgehead atoms. The summed E-state index contributed by atoms with van der Waals surface area (Å²) in [4.78, 5) is 14.4. The molecule has 0 radical (unpaired) electrons. The molecule has 0 aromatic rings. The highest BCUT2D eigenvalue weighted by Gasteiger charge is 2.15. The molecule has 0 aromatic carbocycles. The minimum absolute atomic E-state index is 0.149. The van der Waals surface area contributed by atoms with Gasteiger partial charge < -0.3 is 5.11 Å². The summed E-state index contributed by atoms with van der Waals surface area (Å²) in [7, 11) is 0. The first-order valence-electron chi connectivity index (χ1n) is 9.17. The molecule has 0 aliphatic rings. The molecular formula is C22H32O4. The predicted octanol–water partition coefficient (Wildman–Crippen LogP) is 6.02. The van der Waals surface area contributed by atoms with E-state index < -0.39 is 12.1 Å². The second-order valence-electron chi connectivity index (χ2n) is 5.60. The van der Waals surface area contributed by atoms with Gasteiger partial charge in [-0.2, -0.15) is 0 Å². The van der Waals surface area contributed by atoms with Crippen LogP contribution in [0, 0.1) is 0 Å². The molecule has 0 saturated heterocycles. The smallest absolute Gasteiger partial charge is 0.336 e. The van der Waals surface area contributed by atoms with E-state index in [-0.39, 0.29) is 6.42 Å². The summed E-state index contributed by atoms with van der Waals surface area (Å²) in [6.07, 6.45) is 29.5. The molecule has 144 valence electrons. The van der Waals surface area contributed by atoms with E-state index in [1.54, 1.807) is 6.08 Å². The van der Waals surface area contributed by atoms with Crippen LogP contribution >= 0.6 is 0 Å². The molecule has 0 aliphatic carbocycles. The van der Waals surface area contributed by atoms with Crippen LogP contribution in [0.25, 0.3) is 0 Å². The minimum atomic E-state index is -1.20. The van der Waals surface area contributed by atoms with Crippen molar-refractivity contribution < 1.29 is 20.0 Å². The average Bonchev–Trinajstić information content (AvgIpc) is 2.63. The lowest BCUT2D eigenvalue weighted by Gasteiger charge is -2.03. The lowest BCUT2D eigenvalue weighted by molar-refractivity contribution is -0.275. The zero-order valence-corrected chi connectivity index (χ0v) is 15.7. The summed E-state index contributed by atoms with van der Waals surface area (Å²) in [6.45, 7) is 2.14. The SMILES string of the molecule is CCC=CCCC=CC=CCC=CCC=CCC=CCC(OO)C(=O)O. The largest absolute Gasteiger partial charge is 0.479 e.